The number of aryl methyl sites for hydroxylation is 1. The Kier molecular flexibility index (Phi) is 3.29. The van der Waals surface area contributed by atoms with Gasteiger partial charge in [0.1, 0.15) is 5.82 Å². The minimum Gasteiger partial charge on any atom is -0.370 e. The summed E-state index contributed by atoms with van der Waals surface area (Å²) in [6, 6.07) is 5.53. The predicted octanol–water partition coefficient (Wildman–Crippen LogP) is 3.81. The van der Waals surface area contributed by atoms with E-state index in [1.807, 2.05) is 19.1 Å². The van der Waals surface area contributed by atoms with Crippen molar-refractivity contribution in [3.8, 4) is 0 Å². The highest BCUT2D eigenvalue weighted by Crippen LogP contribution is 2.35. The van der Waals surface area contributed by atoms with Crippen LogP contribution in [0.25, 0.3) is 0 Å². The van der Waals surface area contributed by atoms with Gasteiger partial charge in [-0.25, -0.2) is 4.39 Å². The Morgan fingerprint density at radius 2 is 2.12 bits per heavy atom. The lowest BCUT2D eigenvalue weighted by Gasteiger charge is -2.15. The molecule has 1 aromatic carbocycles. The first-order valence-corrected chi connectivity index (χ1v) is 6.03. The number of benzene rings is 1. The molecule has 2 rings (SSSR count). The van der Waals surface area contributed by atoms with Crippen molar-refractivity contribution in [2.24, 2.45) is 0 Å². The first-order chi connectivity index (χ1) is 7.61. The molecule has 0 radical (unpaired) electrons. The Labute approximate surface area is 96.6 Å². The maximum absolute atomic E-state index is 13.8. The van der Waals surface area contributed by atoms with Crippen LogP contribution in [0, 0.1) is 12.7 Å². The minimum atomic E-state index is -0.0693. The topological polar surface area (TPSA) is 12.5 Å². The molecular formula is C14H19FO. The van der Waals surface area contributed by atoms with Crippen molar-refractivity contribution >= 4 is 0 Å². The Balaban J connectivity index is 2.12. The second kappa shape index (κ2) is 4.54. The standard InChI is InChI=1S/C14H19FO/c1-4-11(8-14-10(3)16-14)12-6-5-9(2)7-13(12)15/h5-7,10-11,14H,4,8H2,1-3H3. The SMILES string of the molecule is CCC(CC1OC1C)c1ccc(C)cc1F. The van der Waals surface area contributed by atoms with Crippen LogP contribution in [-0.2, 0) is 4.74 Å². The Morgan fingerprint density at radius 1 is 1.44 bits per heavy atom. The molecule has 16 heavy (non-hydrogen) atoms. The number of hydrogen-bond donors (Lipinski definition) is 0. The van der Waals surface area contributed by atoms with Gasteiger partial charge in [0.2, 0.25) is 0 Å². The highest BCUT2D eigenvalue weighted by molar-refractivity contribution is 5.26. The quantitative estimate of drug-likeness (QED) is 0.706. The highest BCUT2D eigenvalue weighted by Gasteiger charge is 2.36. The van der Waals surface area contributed by atoms with E-state index in [0.717, 1.165) is 24.0 Å². The van der Waals surface area contributed by atoms with Gasteiger partial charge >= 0.3 is 0 Å². The second-order valence-electron chi connectivity index (χ2n) is 4.75. The Hall–Kier alpha value is -0.890. The van der Waals surface area contributed by atoms with Crippen LogP contribution in [-0.4, -0.2) is 12.2 Å². The molecule has 0 saturated carbocycles. The van der Waals surface area contributed by atoms with Crippen LogP contribution in [0.5, 0.6) is 0 Å². The number of halogens is 1. The van der Waals surface area contributed by atoms with E-state index < -0.39 is 0 Å². The van der Waals surface area contributed by atoms with Crippen molar-refractivity contribution in [3.63, 3.8) is 0 Å². The van der Waals surface area contributed by atoms with Crippen molar-refractivity contribution < 1.29 is 9.13 Å². The van der Waals surface area contributed by atoms with Crippen molar-refractivity contribution in [3.05, 3.63) is 35.1 Å². The van der Waals surface area contributed by atoms with Crippen LogP contribution in [0.2, 0.25) is 0 Å². The Bertz CT molecular complexity index is 375. The zero-order chi connectivity index (χ0) is 11.7. The van der Waals surface area contributed by atoms with Crippen molar-refractivity contribution in [2.45, 2.75) is 51.7 Å². The maximum atomic E-state index is 13.8. The molecule has 1 saturated heterocycles. The van der Waals surface area contributed by atoms with Gasteiger partial charge in [-0.15, -0.1) is 0 Å². The van der Waals surface area contributed by atoms with Gasteiger partial charge in [0.05, 0.1) is 12.2 Å². The van der Waals surface area contributed by atoms with Gasteiger partial charge in [0, 0.05) is 0 Å². The molecule has 1 aliphatic heterocycles. The summed E-state index contributed by atoms with van der Waals surface area (Å²) < 4.78 is 19.2. The van der Waals surface area contributed by atoms with E-state index in [2.05, 4.69) is 13.8 Å². The molecule has 0 aromatic heterocycles. The molecule has 3 atom stereocenters. The van der Waals surface area contributed by atoms with Crippen LogP contribution in [0.15, 0.2) is 18.2 Å². The molecule has 1 aromatic rings. The molecule has 1 aliphatic rings. The van der Waals surface area contributed by atoms with E-state index in [9.17, 15) is 4.39 Å². The number of hydrogen-bond acceptors (Lipinski definition) is 1. The van der Waals surface area contributed by atoms with Gasteiger partial charge in [-0.05, 0) is 49.8 Å². The average Bonchev–Trinajstić information content (AvgIpc) is 2.92. The molecule has 88 valence electrons. The molecule has 1 heterocycles. The van der Waals surface area contributed by atoms with Gasteiger partial charge < -0.3 is 4.74 Å². The smallest absolute Gasteiger partial charge is 0.126 e. The number of ether oxygens (including phenoxy) is 1. The number of rotatable bonds is 4. The summed E-state index contributed by atoms with van der Waals surface area (Å²) in [4.78, 5) is 0. The average molecular weight is 222 g/mol. The van der Waals surface area contributed by atoms with Gasteiger partial charge in [0.25, 0.3) is 0 Å². The molecular weight excluding hydrogens is 203 g/mol. The van der Waals surface area contributed by atoms with Crippen LogP contribution < -0.4 is 0 Å². The fraction of sp³-hybridized carbons (Fsp3) is 0.571. The molecule has 0 amide bonds. The third kappa shape index (κ3) is 2.43. The highest BCUT2D eigenvalue weighted by atomic mass is 19.1. The summed E-state index contributed by atoms with van der Waals surface area (Å²) in [5.41, 5.74) is 1.82. The van der Waals surface area contributed by atoms with Crippen molar-refractivity contribution in [1.29, 1.82) is 0 Å². The molecule has 0 spiro atoms. The van der Waals surface area contributed by atoms with Crippen molar-refractivity contribution in [1.82, 2.24) is 0 Å². The largest absolute Gasteiger partial charge is 0.370 e. The van der Waals surface area contributed by atoms with E-state index in [1.54, 1.807) is 6.07 Å². The maximum Gasteiger partial charge on any atom is 0.126 e. The normalized spacial score (nSPS) is 25.5. The molecule has 0 bridgehead atoms. The first-order valence-electron chi connectivity index (χ1n) is 6.03. The monoisotopic (exact) mass is 222 g/mol. The molecule has 2 heteroatoms. The fourth-order valence-corrected chi connectivity index (χ4v) is 2.23. The lowest BCUT2D eigenvalue weighted by molar-refractivity contribution is 0.355. The summed E-state index contributed by atoms with van der Waals surface area (Å²) in [5.74, 6) is 0.218. The number of epoxide rings is 1. The first kappa shape index (κ1) is 11.6. The third-order valence-electron chi connectivity index (χ3n) is 3.44. The minimum absolute atomic E-state index is 0.0693. The summed E-state index contributed by atoms with van der Waals surface area (Å²) in [6.07, 6.45) is 2.61. The molecule has 0 N–H and O–H groups in total. The van der Waals surface area contributed by atoms with E-state index >= 15 is 0 Å². The van der Waals surface area contributed by atoms with E-state index in [1.165, 1.54) is 0 Å². The Morgan fingerprint density at radius 3 is 2.62 bits per heavy atom. The lowest BCUT2D eigenvalue weighted by Crippen LogP contribution is -2.05. The molecule has 3 unspecified atom stereocenters. The summed E-state index contributed by atoms with van der Waals surface area (Å²) >= 11 is 0. The van der Waals surface area contributed by atoms with Crippen LogP contribution in [0.3, 0.4) is 0 Å². The molecule has 0 aliphatic carbocycles. The van der Waals surface area contributed by atoms with E-state index in [0.29, 0.717) is 12.2 Å². The van der Waals surface area contributed by atoms with Crippen molar-refractivity contribution in [2.75, 3.05) is 0 Å². The van der Waals surface area contributed by atoms with Crippen LogP contribution >= 0.6 is 0 Å². The summed E-state index contributed by atoms with van der Waals surface area (Å²) in [6.45, 7) is 6.10. The van der Waals surface area contributed by atoms with Crippen LogP contribution in [0.1, 0.15) is 43.7 Å². The summed E-state index contributed by atoms with van der Waals surface area (Å²) in [7, 11) is 0. The summed E-state index contributed by atoms with van der Waals surface area (Å²) in [5, 5.41) is 0. The lowest BCUT2D eigenvalue weighted by atomic mass is 9.90. The zero-order valence-electron chi connectivity index (χ0n) is 10.2. The van der Waals surface area contributed by atoms with Gasteiger partial charge in [0.15, 0.2) is 0 Å². The van der Waals surface area contributed by atoms with Gasteiger partial charge in [-0.3, -0.25) is 0 Å². The van der Waals surface area contributed by atoms with E-state index in [-0.39, 0.29) is 11.7 Å². The third-order valence-corrected chi connectivity index (χ3v) is 3.44. The van der Waals surface area contributed by atoms with Crippen LogP contribution in [0.4, 0.5) is 4.39 Å². The second-order valence-corrected chi connectivity index (χ2v) is 4.75. The molecule has 1 nitrogen and oxygen atoms in total. The van der Waals surface area contributed by atoms with Gasteiger partial charge in [-0.2, -0.15) is 0 Å². The molecule has 1 fully saturated rings. The van der Waals surface area contributed by atoms with Gasteiger partial charge in [-0.1, -0.05) is 19.1 Å². The predicted molar refractivity (Wildman–Crippen MR) is 63.1 cm³/mol. The zero-order valence-corrected chi connectivity index (χ0v) is 10.2. The van der Waals surface area contributed by atoms with E-state index in [4.69, 9.17) is 4.74 Å². The fourth-order valence-electron chi connectivity index (χ4n) is 2.23.